The molecule has 0 heterocycles. The van der Waals surface area contributed by atoms with Gasteiger partial charge in [-0.3, -0.25) is 0 Å². The van der Waals surface area contributed by atoms with Gasteiger partial charge in [0.15, 0.2) is 0 Å². The Kier molecular flexibility index (Phi) is 17.2. The molecule has 4 nitrogen and oxygen atoms in total. The summed E-state index contributed by atoms with van der Waals surface area (Å²) in [5.41, 5.74) is 5.76. The van der Waals surface area contributed by atoms with Gasteiger partial charge in [0.05, 0.1) is 0 Å². The number of hydrogen-bond donors (Lipinski definition) is 3. The number of aliphatic hydroxyl groups is 2. The Balaban J connectivity index is 3.30. The van der Waals surface area contributed by atoms with E-state index in [4.69, 9.17) is 20.7 Å². The molecule has 0 unspecified atom stereocenters. The molecular formula is C21H45NO3. The van der Waals surface area contributed by atoms with Crippen LogP contribution in [0.2, 0.25) is 0 Å². The Morgan fingerprint density at radius 2 is 1.20 bits per heavy atom. The van der Waals surface area contributed by atoms with Crippen molar-refractivity contribution in [2.45, 2.75) is 103 Å². The van der Waals surface area contributed by atoms with E-state index >= 15 is 0 Å². The van der Waals surface area contributed by atoms with E-state index in [0.29, 0.717) is 12.8 Å². The Morgan fingerprint density at radius 3 is 1.72 bits per heavy atom. The van der Waals surface area contributed by atoms with Gasteiger partial charge in [-0.05, 0) is 38.0 Å². The number of aliphatic hydroxyl groups excluding tert-OH is 2. The topological polar surface area (TPSA) is 75.7 Å². The molecule has 0 spiro atoms. The molecule has 0 radical (unpaired) electrons. The van der Waals surface area contributed by atoms with Gasteiger partial charge in [-0.2, -0.15) is 0 Å². The molecule has 0 atom stereocenters. The average Bonchev–Trinajstić information content (AvgIpc) is 2.55. The highest BCUT2D eigenvalue weighted by atomic mass is 16.5. The van der Waals surface area contributed by atoms with Gasteiger partial charge in [0.25, 0.3) is 0 Å². The van der Waals surface area contributed by atoms with Crippen molar-refractivity contribution in [2.75, 3.05) is 26.4 Å². The van der Waals surface area contributed by atoms with Crippen molar-refractivity contribution in [1.82, 2.24) is 0 Å². The third kappa shape index (κ3) is 17.0. The van der Waals surface area contributed by atoms with Crippen LogP contribution in [0.3, 0.4) is 0 Å². The lowest BCUT2D eigenvalue weighted by molar-refractivity contribution is 0.113. The highest BCUT2D eigenvalue weighted by Gasteiger charge is 2.22. The molecule has 25 heavy (non-hydrogen) atoms. The minimum atomic E-state index is -0.442. The normalized spacial score (nSPS) is 12.2. The lowest BCUT2D eigenvalue weighted by atomic mass is 9.88. The van der Waals surface area contributed by atoms with Crippen molar-refractivity contribution in [2.24, 2.45) is 11.7 Å². The van der Waals surface area contributed by atoms with Crippen LogP contribution in [0.4, 0.5) is 0 Å². The predicted molar refractivity (Wildman–Crippen MR) is 107 cm³/mol. The van der Waals surface area contributed by atoms with Gasteiger partial charge in [-0.25, -0.2) is 0 Å². The highest BCUT2D eigenvalue weighted by Crippen LogP contribution is 2.18. The summed E-state index contributed by atoms with van der Waals surface area (Å²) < 4.78 is 5.69. The Bertz CT molecular complexity index is 266. The minimum Gasteiger partial charge on any atom is -0.396 e. The average molecular weight is 360 g/mol. The van der Waals surface area contributed by atoms with Crippen LogP contribution in [-0.4, -0.2) is 42.2 Å². The molecule has 0 aromatic carbocycles. The molecule has 0 aromatic heterocycles. The zero-order valence-electron chi connectivity index (χ0n) is 17.0. The molecule has 0 saturated carbocycles. The number of nitrogens with two attached hydrogens (primary N) is 1. The van der Waals surface area contributed by atoms with Gasteiger partial charge >= 0.3 is 0 Å². The number of unbranched alkanes of at least 4 members (excludes halogenated alkanes) is 7. The largest absolute Gasteiger partial charge is 0.396 e. The van der Waals surface area contributed by atoms with Crippen LogP contribution in [0.1, 0.15) is 97.3 Å². The van der Waals surface area contributed by atoms with Crippen LogP contribution in [0.5, 0.6) is 0 Å². The van der Waals surface area contributed by atoms with Gasteiger partial charge in [-0.1, -0.05) is 65.2 Å². The molecule has 0 aliphatic carbocycles. The first-order valence-electron chi connectivity index (χ1n) is 10.6. The van der Waals surface area contributed by atoms with Crippen molar-refractivity contribution in [3.05, 3.63) is 0 Å². The SMILES string of the molecule is CC(C)CCCCCCCCCCOCCCC(N)(CCO)CCO. The lowest BCUT2D eigenvalue weighted by Crippen LogP contribution is -2.41. The minimum absolute atomic E-state index is 0.0785. The molecule has 0 aliphatic rings. The Morgan fingerprint density at radius 1 is 0.720 bits per heavy atom. The van der Waals surface area contributed by atoms with E-state index in [0.717, 1.165) is 38.4 Å². The van der Waals surface area contributed by atoms with Gasteiger partial charge in [0, 0.05) is 32.0 Å². The highest BCUT2D eigenvalue weighted by molar-refractivity contribution is 4.83. The maximum absolute atomic E-state index is 9.06. The summed E-state index contributed by atoms with van der Waals surface area (Å²) in [5, 5.41) is 18.1. The smallest absolute Gasteiger partial charge is 0.0466 e. The summed E-state index contributed by atoms with van der Waals surface area (Å²) in [4.78, 5) is 0. The standard InChI is InChI=1S/C21H45NO3/c1-20(2)12-9-7-5-3-4-6-8-10-18-25-19-11-13-21(22,14-16-23)15-17-24/h20,23-24H,3-19,22H2,1-2H3. The van der Waals surface area contributed by atoms with Crippen LogP contribution >= 0.6 is 0 Å². The summed E-state index contributed by atoms with van der Waals surface area (Å²) in [6, 6.07) is 0. The quantitative estimate of drug-likeness (QED) is 0.299. The van der Waals surface area contributed by atoms with Crippen molar-refractivity contribution >= 4 is 0 Å². The van der Waals surface area contributed by atoms with Crippen LogP contribution in [0, 0.1) is 5.92 Å². The third-order valence-corrected chi connectivity index (χ3v) is 5.00. The number of hydrogen-bond acceptors (Lipinski definition) is 4. The van der Waals surface area contributed by atoms with Gasteiger partial charge in [-0.15, -0.1) is 0 Å². The maximum Gasteiger partial charge on any atom is 0.0466 e. The first-order chi connectivity index (χ1) is 12.0. The second-order valence-corrected chi connectivity index (χ2v) is 8.04. The second kappa shape index (κ2) is 17.3. The zero-order valence-corrected chi connectivity index (χ0v) is 17.0. The van der Waals surface area contributed by atoms with Crippen LogP contribution in [-0.2, 0) is 4.74 Å². The predicted octanol–water partition coefficient (Wildman–Crippen LogP) is 4.41. The monoisotopic (exact) mass is 359 g/mol. The van der Waals surface area contributed by atoms with Crippen molar-refractivity contribution in [1.29, 1.82) is 0 Å². The fourth-order valence-electron chi connectivity index (χ4n) is 3.27. The molecule has 0 aliphatic heterocycles. The van der Waals surface area contributed by atoms with Crippen molar-refractivity contribution < 1.29 is 14.9 Å². The Hall–Kier alpha value is -0.160. The van der Waals surface area contributed by atoms with E-state index in [9.17, 15) is 0 Å². The molecular weight excluding hydrogens is 314 g/mol. The molecule has 0 rings (SSSR count). The van der Waals surface area contributed by atoms with Gasteiger partial charge < -0.3 is 20.7 Å². The fourth-order valence-corrected chi connectivity index (χ4v) is 3.27. The van der Waals surface area contributed by atoms with E-state index < -0.39 is 5.54 Å². The Labute approximate surface area is 156 Å². The van der Waals surface area contributed by atoms with Crippen LogP contribution < -0.4 is 5.73 Å². The maximum atomic E-state index is 9.06. The molecule has 152 valence electrons. The lowest BCUT2D eigenvalue weighted by Gasteiger charge is -2.28. The zero-order chi connectivity index (χ0) is 18.8. The summed E-state index contributed by atoms with van der Waals surface area (Å²) >= 11 is 0. The fraction of sp³-hybridized carbons (Fsp3) is 1.00. The molecule has 0 fully saturated rings. The van der Waals surface area contributed by atoms with E-state index in [1.54, 1.807) is 0 Å². The van der Waals surface area contributed by atoms with Gasteiger partial charge in [0.1, 0.15) is 0 Å². The number of ether oxygens (including phenoxy) is 1. The van der Waals surface area contributed by atoms with Gasteiger partial charge in [0.2, 0.25) is 0 Å². The molecule has 4 N–H and O–H groups in total. The molecule has 4 heteroatoms. The molecule has 0 aromatic rings. The summed E-state index contributed by atoms with van der Waals surface area (Å²) in [5.74, 6) is 0.852. The van der Waals surface area contributed by atoms with Crippen molar-refractivity contribution in [3.8, 4) is 0 Å². The van der Waals surface area contributed by atoms with E-state index in [-0.39, 0.29) is 13.2 Å². The molecule has 0 bridgehead atoms. The first kappa shape index (κ1) is 24.8. The first-order valence-corrected chi connectivity index (χ1v) is 10.6. The van der Waals surface area contributed by atoms with Crippen molar-refractivity contribution in [3.63, 3.8) is 0 Å². The van der Waals surface area contributed by atoms with E-state index in [2.05, 4.69) is 13.8 Å². The summed E-state index contributed by atoms with van der Waals surface area (Å²) in [6.45, 7) is 6.33. The number of rotatable bonds is 19. The third-order valence-electron chi connectivity index (χ3n) is 5.00. The molecule has 0 amide bonds. The van der Waals surface area contributed by atoms with Crippen LogP contribution in [0.25, 0.3) is 0 Å². The van der Waals surface area contributed by atoms with E-state index in [1.165, 1.54) is 51.4 Å². The summed E-state index contributed by atoms with van der Waals surface area (Å²) in [7, 11) is 0. The molecule has 0 saturated heterocycles. The second-order valence-electron chi connectivity index (χ2n) is 8.04. The van der Waals surface area contributed by atoms with E-state index in [1.807, 2.05) is 0 Å². The van der Waals surface area contributed by atoms with Crippen LogP contribution in [0.15, 0.2) is 0 Å². The summed E-state index contributed by atoms with van der Waals surface area (Å²) in [6.07, 6.45) is 14.8.